The van der Waals surface area contributed by atoms with Crippen LogP contribution in [0.5, 0.6) is 5.75 Å². The van der Waals surface area contributed by atoms with Gasteiger partial charge in [-0.25, -0.2) is 0 Å². The van der Waals surface area contributed by atoms with E-state index in [9.17, 15) is 14.7 Å². The van der Waals surface area contributed by atoms with Gasteiger partial charge in [-0.1, -0.05) is 6.07 Å². The van der Waals surface area contributed by atoms with Gasteiger partial charge in [-0.3, -0.25) is 9.59 Å². The van der Waals surface area contributed by atoms with Crippen molar-refractivity contribution in [1.29, 1.82) is 0 Å². The molecule has 1 aliphatic rings. The van der Waals surface area contributed by atoms with Crippen LogP contribution in [0.4, 0.5) is 5.69 Å². The zero-order chi connectivity index (χ0) is 8.72. The Kier molecular flexibility index (Phi) is 1.18. The Hall–Kier alpha value is -1.84. The summed E-state index contributed by atoms with van der Waals surface area (Å²) in [4.78, 5) is 21.9. The third kappa shape index (κ3) is 0.717. The van der Waals surface area contributed by atoms with Crippen LogP contribution in [0.3, 0.4) is 0 Å². The van der Waals surface area contributed by atoms with E-state index >= 15 is 0 Å². The summed E-state index contributed by atoms with van der Waals surface area (Å²) in [5.74, 6) is -1.52. The first-order valence-electron chi connectivity index (χ1n) is 3.38. The molecule has 1 amide bonds. The molecule has 0 aliphatic carbocycles. The fourth-order valence-corrected chi connectivity index (χ4v) is 1.18. The molecule has 4 heteroatoms. The third-order valence-corrected chi connectivity index (χ3v) is 1.72. The number of benzene rings is 1. The van der Waals surface area contributed by atoms with Crippen LogP contribution in [-0.2, 0) is 4.79 Å². The molecule has 0 unspecified atom stereocenters. The zero-order valence-corrected chi connectivity index (χ0v) is 6.00. The molecule has 0 bridgehead atoms. The Labute approximate surface area is 67.8 Å². The van der Waals surface area contributed by atoms with Crippen molar-refractivity contribution in [3.63, 3.8) is 0 Å². The van der Waals surface area contributed by atoms with Gasteiger partial charge in [-0.15, -0.1) is 0 Å². The number of phenols is 1. The quantitative estimate of drug-likeness (QED) is 0.548. The van der Waals surface area contributed by atoms with Gasteiger partial charge >= 0.3 is 0 Å². The molecule has 0 saturated carbocycles. The number of rotatable bonds is 0. The molecule has 4 nitrogen and oxygen atoms in total. The second kappa shape index (κ2) is 2.07. The monoisotopic (exact) mass is 163 g/mol. The molecule has 1 aliphatic heterocycles. The van der Waals surface area contributed by atoms with Gasteiger partial charge in [0.05, 0.1) is 11.3 Å². The maximum absolute atomic E-state index is 11.0. The van der Waals surface area contributed by atoms with E-state index in [-0.39, 0.29) is 11.3 Å². The van der Waals surface area contributed by atoms with E-state index in [0.29, 0.717) is 5.69 Å². The second-order valence-corrected chi connectivity index (χ2v) is 2.48. The fourth-order valence-electron chi connectivity index (χ4n) is 1.18. The lowest BCUT2D eigenvalue weighted by Crippen LogP contribution is -2.12. The molecular formula is C8H5NO3. The van der Waals surface area contributed by atoms with Gasteiger partial charge in [0.25, 0.3) is 11.7 Å². The van der Waals surface area contributed by atoms with Crippen LogP contribution in [0.15, 0.2) is 18.2 Å². The van der Waals surface area contributed by atoms with Gasteiger partial charge in [0.15, 0.2) is 0 Å². The summed E-state index contributed by atoms with van der Waals surface area (Å²) in [6.45, 7) is 0. The number of carbonyl (C=O) groups is 2. The molecule has 0 radical (unpaired) electrons. The van der Waals surface area contributed by atoms with Gasteiger partial charge in [-0.2, -0.15) is 0 Å². The molecule has 60 valence electrons. The number of amides is 1. The highest BCUT2D eigenvalue weighted by Gasteiger charge is 2.30. The van der Waals surface area contributed by atoms with E-state index in [1.807, 2.05) is 0 Å². The largest absolute Gasteiger partial charge is 0.507 e. The molecule has 0 atom stereocenters. The Balaban J connectivity index is 2.70. The summed E-state index contributed by atoms with van der Waals surface area (Å²) in [6, 6.07) is 4.50. The van der Waals surface area contributed by atoms with Crippen LogP contribution in [0.2, 0.25) is 0 Å². The van der Waals surface area contributed by atoms with Gasteiger partial charge in [0, 0.05) is 0 Å². The van der Waals surface area contributed by atoms with E-state index in [2.05, 4.69) is 5.32 Å². The van der Waals surface area contributed by atoms with Crippen molar-refractivity contribution < 1.29 is 14.7 Å². The van der Waals surface area contributed by atoms with Crippen LogP contribution in [0.25, 0.3) is 0 Å². The number of carbonyl (C=O) groups excluding carboxylic acids is 2. The minimum Gasteiger partial charge on any atom is -0.507 e. The third-order valence-electron chi connectivity index (χ3n) is 1.72. The summed E-state index contributed by atoms with van der Waals surface area (Å²) >= 11 is 0. The van der Waals surface area contributed by atoms with Gasteiger partial charge in [0.1, 0.15) is 5.75 Å². The summed E-state index contributed by atoms with van der Waals surface area (Å²) in [5, 5.41) is 11.5. The number of aromatic hydroxyl groups is 1. The van der Waals surface area contributed by atoms with Crippen LogP contribution >= 0.6 is 0 Å². The first-order valence-corrected chi connectivity index (χ1v) is 3.38. The van der Waals surface area contributed by atoms with Crippen molar-refractivity contribution in [2.45, 2.75) is 0 Å². The van der Waals surface area contributed by atoms with Crippen molar-refractivity contribution in [2.24, 2.45) is 0 Å². The summed E-state index contributed by atoms with van der Waals surface area (Å²) in [6.07, 6.45) is 0. The summed E-state index contributed by atoms with van der Waals surface area (Å²) in [5.41, 5.74) is 0.451. The SMILES string of the molecule is O=C1Nc2cccc(O)c2C1=O. The smallest absolute Gasteiger partial charge is 0.297 e. The van der Waals surface area contributed by atoms with E-state index < -0.39 is 11.7 Å². The van der Waals surface area contributed by atoms with Crippen molar-refractivity contribution >= 4 is 17.4 Å². The average Bonchev–Trinajstić information content (AvgIpc) is 2.29. The molecule has 12 heavy (non-hydrogen) atoms. The van der Waals surface area contributed by atoms with E-state index in [4.69, 9.17) is 0 Å². The van der Waals surface area contributed by atoms with Crippen LogP contribution in [0.1, 0.15) is 10.4 Å². The van der Waals surface area contributed by atoms with Crippen molar-refractivity contribution in [2.75, 3.05) is 5.32 Å². The lowest BCUT2D eigenvalue weighted by atomic mass is 10.1. The molecule has 2 N–H and O–H groups in total. The van der Waals surface area contributed by atoms with Crippen LogP contribution < -0.4 is 5.32 Å². The van der Waals surface area contributed by atoms with Gasteiger partial charge in [0.2, 0.25) is 0 Å². The second-order valence-electron chi connectivity index (χ2n) is 2.48. The number of phenolic OH excluding ortho intramolecular Hbond substituents is 1. The molecule has 1 aromatic rings. The number of ketones is 1. The Morgan fingerprint density at radius 1 is 1.25 bits per heavy atom. The Morgan fingerprint density at radius 2 is 2.00 bits per heavy atom. The first-order chi connectivity index (χ1) is 5.70. The number of Topliss-reactive ketones (excluding diaryl/α,β-unsaturated/α-hetero) is 1. The minimum absolute atomic E-state index is 0.0718. The highest BCUT2D eigenvalue weighted by atomic mass is 16.3. The number of nitrogens with one attached hydrogen (secondary N) is 1. The first kappa shape index (κ1) is 6.84. The van der Waals surface area contributed by atoms with E-state index in [1.54, 1.807) is 12.1 Å². The number of anilines is 1. The summed E-state index contributed by atoms with van der Waals surface area (Å²) < 4.78 is 0. The Bertz CT molecular complexity index is 384. The maximum Gasteiger partial charge on any atom is 0.297 e. The highest BCUT2D eigenvalue weighted by molar-refractivity contribution is 6.52. The van der Waals surface area contributed by atoms with Gasteiger partial charge < -0.3 is 10.4 Å². The van der Waals surface area contributed by atoms with Gasteiger partial charge in [-0.05, 0) is 12.1 Å². The lowest BCUT2D eigenvalue weighted by Gasteiger charge is -1.96. The zero-order valence-electron chi connectivity index (χ0n) is 6.00. The fraction of sp³-hybridized carbons (Fsp3) is 0. The molecular weight excluding hydrogens is 158 g/mol. The molecule has 0 saturated heterocycles. The van der Waals surface area contributed by atoms with Crippen LogP contribution in [0, 0.1) is 0 Å². The molecule has 1 aromatic carbocycles. The normalized spacial score (nSPS) is 14.3. The molecule has 0 spiro atoms. The average molecular weight is 163 g/mol. The minimum atomic E-state index is -0.688. The van der Waals surface area contributed by atoms with Crippen molar-refractivity contribution in [3.05, 3.63) is 23.8 Å². The standard InChI is InChI=1S/C8H5NO3/c10-5-3-1-2-4-6(5)7(11)8(12)9-4/h1-3,10H,(H,9,11,12). The van der Waals surface area contributed by atoms with Crippen molar-refractivity contribution in [1.82, 2.24) is 0 Å². The maximum atomic E-state index is 11.0. The molecule has 2 rings (SSSR count). The lowest BCUT2D eigenvalue weighted by molar-refractivity contribution is -0.112. The highest BCUT2D eigenvalue weighted by Crippen LogP contribution is 2.30. The van der Waals surface area contributed by atoms with Crippen molar-refractivity contribution in [3.8, 4) is 5.75 Å². The van der Waals surface area contributed by atoms with E-state index in [1.165, 1.54) is 6.07 Å². The molecule has 0 aromatic heterocycles. The predicted molar refractivity (Wildman–Crippen MR) is 41.1 cm³/mol. The topological polar surface area (TPSA) is 66.4 Å². The molecule has 1 heterocycles. The Morgan fingerprint density at radius 3 is 2.67 bits per heavy atom. The summed E-state index contributed by atoms with van der Waals surface area (Å²) in [7, 11) is 0. The number of hydrogen-bond acceptors (Lipinski definition) is 3. The number of hydrogen-bond donors (Lipinski definition) is 2. The number of fused-ring (bicyclic) bond motifs is 1. The van der Waals surface area contributed by atoms with Crippen LogP contribution in [-0.4, -0.2) is 16.8 Å². The predicted octanol–water partition coefficient (Wildman–Crippen LogP) is 0.527. The van der Waals surface area contributed by atoms with E-state index in [0.717, 1.165) is 0 Å². The molecule has 0 fully saturated rings.